The highest BCUT2D eigenvalue weighted by atomic mass is 19.1. The van der Waals surface area contributed by atoms with E-state index in [1.165, 1.54) is 12.1 Å². The summed E-state index contributed by atoms with van der Waals surface area (Å²) in [6, 6.07) is 6.59. The van der Waals surface area contributed by atoms with Crippen molar-refractivity contribution in [3.8, 4) is 0 Å². The third-order valence-corrected chi connectivity index (χ3v) is 2.33. The molecular weight excluding hydrogens is 203 g/mol. The smallest absolute Gasteiger partial charge is 0.125 e. The van der Waals surface area contributed by atoms with Crippen LogP contribution in [0.4, 0.5) is 10.1 Å². The zero-order chi connectivity index (χ0) is 12.0. The van der Waals surface area contributed by atoms with Gasteiger partial charge in [0.15, 0.2) is 0 Å². The first-order chi connectivity index (χ1) is 7.63. The lowest BCUT2D eigenvalue weighted by molar-refractivity contribution is 0.627. The molecule has 1 N–H and O–H groups in total. The van der Waals surface area contributed by atoms with Gasteiger partial charge in [-0.1, -0.05) is 19.6 Å². The maximum absolute atomic E-state index is 13.0. The van der Waals surface area contributed by atoms with Crippen LogP contribution < -0.4 is 10.2 Å². The van der Waals surface area contributed by atoms with E-state index in [1.54, 1.807) is 6.07 Å². The topological polar surface area (TPSA) is 15.3 Å². The summed E-state index contributed by atoms with van der Waals surface area (Å²) in [4.78, 5) is 1.99. The van der Waals surface area contributed by atoms with Crippen molar-refractivity contribution >= 4 is 5.69 Å². The van der Waals surface area contributed by atoms with Crippen molar-refractivity contribution in [2.24, 2.45) is 0 Å². The third-order valence-electron chi connectivity index (χ3n) is 2.33. The average Bonchev–Trinajstić information content (AvgIpc) is 2.26. The number of likely N-dealkylation sites (N-methyl/N-ethyl adjacent to an activating group) is 2. The maximum atomic E-state index is 13.0. The molecule has 0 aliphatic carbocycles. The van der Waals surface area contributed by atoms with Gasteiger partial charge in [0.05, 0.1) is 0 Å². The fourth-order valence-electron chi connectivity index (χ4n) is 1.50. The second kappa shape index (κ2) is 6.28. The highest BCUT2D eigenvalue weighted by Gasteiger charge is 2.03. The Bertz CT molecular complexity index is 350. The minimum absolute atomic E-state index is 0.207. The molecule has 0 aliphatic rings. The Morgan fingerprint density at radius 1 is 1.50 bits per heavy atom. The van der Waals surface area contributed by atoms with Gasteiger partial charge in [-0.3, -0.25) is 0 Å². The molecule has 0 saturated heterocycles. The molecule has 3 heteroatoms. The normalized spacial score (nSPS) is 10.2. The molecule has 1 aromatic carbocycles. The summed E-state index contributed by atoms with van der Waals surface area (Å²) < 4.78 is 13.0. The second-order valence-corrected chi connectivity index (χ2v) is 3.87. The van der Waals surface area contributed by atoms with Gasteiger partial charge < -0.3 is 10.2 Å². The molecule has 0 heterocycles. The number of halogens is 1. The zero-order valence-corrected chi connectivity index (χ0v) is 9.96. The van der Waals surface area contributed by atoms with Crippen LogP contribution in [0, 0.1) is 5.82 Å². The third kappa shape index (κ3) is 4.03. The van der Waals surface area contributed by atoms with E-state index in [1.807, 2.05) is 18.0 Å². The maximum Gasteiger partial charge on any atom is 0.125 e. The lowest BCUT2D eigenvalue weighted by atomic mass is 10.2. The predicted octanol–water partition coefficient (Wildman–Crippen LogP) is 2.43. The SMILES string of the molecule is C=C(CNCC)CN(C)c1cccc(F)c1. The van der Waals surface area contributed by atoms with Crippen LogP contribution in [-0.2, 0) is 0 Å². The summed E-state index contributed by atoms with van der Waals surface area (Å²) in [7, 11) is 1.94. The van der Waals surface area contributed by atoms with Crippen molar-refractivity contribution in [2.45, 2.75) is 6.92 Å². The van der Waals surface area contributed by atoms with Gasteiger partial charge in [-0.15, -0.1) is 0 Å². The molecule has 0 aromatic heterocycles. The molecule has 0 spiro atoms. The van der Waals surface area contributed by atoms with Crippen LogP contribution in [0.15, 0.2) is 36.4 Å². The Labute approximate surface area is 96.8 Å². The van der Waals surface area contributed by atoms with Crippen LogP contribution in [0.5, 0.6) is 0 Å². The Morgan fingerprint density at radius 2 is 2.25 bits per heavy atom. The van der Waals surface area contributed by atoms with E-state index in [2.05, 4.69) is 18.8 Å². The van der Waals surface area contributed by atoms with Crippen LogP contribution in [0.3, 0.4) is 0 Å². The van der Waals surface area contributed by atoms with Gasteiger partial charge in [-0.25, -0.2) is 4.39 Å². The fraction of sp³-hybridized carbons (Fsp3) is 0.385. The molecular formula is C13H19FN2. The van der Waals surface area contributed by atoms with Gasteiger partial charge in [0.1, 0.15) is 5.82 Å². The van der Waals surface area contributed by atoms with E-state index in [0.29, 0.717) is 0 Å². The van der Waals surface area contributed by atoms with Crippen LogP contribution in [0.1, 0.15) is 6.92 Å². The van der Waals surface area contributed by atoms with E-state index < -0.39 is 0 Å². The van der Waals surface area contributed by atoms with E-state index in [0.717, 1.165) is 30.9 Å². The summed E-state index contributed by atoms with van der Waals surface area (Å²) >= 11 is 0. The minimum atomic E-state index is -0.207. The number of anilines is 1. The number of benzene rings is 1. The molecule has 0 atom stereocenters. The molecule has 2 nitrogen and oxygen atoms in total. The molecule has 0 saturated carbocycles. The zero-order valence-electron chi connectivity index (χ0n) is 9.96. The highest BCUT2D eigenvalue weighted by molar-refractivity contribution is 5.46. The van der Waals surface area contributed by atoms with Gasteiger partial charge in [0, 0.05) is 25.8 Å². The first kappa shape index (κ1) is 12.7. The fourth-order valence-corrected chi connectivity index (χ4v) is 1.50. The summed E-state index contributed by atoms with van der Waals surface area (Å²) in [5.41, 5.74) is 1.96. The van der Waals surface area contributed by atoms with Gasteiger partial charge in [-0.05, 0) is 30.3 Å². The van der Waals surface area contributed by atoms with Crippen molar-refractivity contribution in [1.82, 2.24) is 5.32 Å². The summed E-state index contributed by atoms with van der Waals surface area (Å²) in [6.07, 6.45) is 0. The van der Waals surface area contributed by atoms with Crippen molar-refractivity contribution in [2.75, 3.05) is 31.6 Å². The van der Waals surface area contributed by atoms with Gasteiger partial charge in [0.2, 0.25) is 0 Å². The molecule has 0 fully saturated rings. The average molecular weight is 222 g/mol. The van der Waals surface area contributed by atoms with Crippen molar-refractivity contribution in [1.29, 1.82) is 0 Å². The molecule has 88 valence electrons. The Balaban J connectivity index is 2.52. The molecule has 0 bridgehead atoms. The van der Waals surface area contributed by atoms with Crippen LogP contribution in [0.25, 0.3) is 0 Å². The second-order valence-electron chi connectivity index (χ2n) is 3.87. The summed E-state index contributed by atoms with van der Waals surface area (Å²) in [5.74, 6) is -0.207. The van der Waals surface area contributed by atoms with Crippen molar-refractivity contribution < 1.29 is 4.39 Å². The first-order valence-electron chi connectivity index (χ1n) is 5.47. The Hall–Kier alpha value is -1.35. The van der Waals surface area contributed by atoms with E-state index >= 15 is 0 Å². The van der Waals surface area contributed by atoms with Crippen LogP contribution in [0.2, 0.25) is 0 Å². The lowest BCUT2D eigenvalue weighted by Gasteiger charge is -2.20. The predicted molar refractivity (Wildman–Crippen MR) is 67.4 cm³/mol. The summed E-state index contributed by atoms with van der Waals surface area (Å²) in [6.45, 7) is 8.51. The van der Waals surface area contributed by atoms with Gasteiger partial charge in [0.25, 0.3) is 0 Å². The standard InChI is InChI=1S/C13H19FN2/c1-4-15-9-11(2)10-16(3)13-7-5-6-12(14)8-13/h5-8,15H,2,4,9-10H2,1,3H3. The van der Waals surface area contributed by atoms with E-state index in [4.69, 9.17) is 0 Å². The van der Waals surface area contributed by atoms with E-state index in [-0.39, 0.29) is 5.82 Å². The molecule has 16 heavy (non-hydrogen) atoms. The summed E-state index contributed by atoms with van der Waals surface area (Å²) in [5, 5.41) is 3.22. The quantitative estimate of drug-likeness (QED) is 0.744. The van der Waals surface area contributed by atoms with E-state index in [9.17, 15) is 4.39 Å². The Morgan fingerprint density at radius 3 is 2.88 bits per heavy atom. The molecule has 0 aliphatic heterocycles. The number of hydrogen-bond donors (Lipinski definition) is 1. The number of nitrogens with one attached hydrogen (secondary N) is 1. The largest absolute Gasteiger partial charge is 0.370 e. The monoisotopic (exact) mass is 222 g/mol. The van der Waals surface area contributed by atoms with Crippen molar-refractivity contribution in [3.63, 3.8) is 0 Å². The highest BCUT2D eigenvalue weighted by Crippen LogP contribution is 2.14. The molecule has 0 amide bonds. The van der Waals surface area contributed by atoms with Crippen LogP contribution >= 0.6 is 0 Å². The number of rotatable bonds is 6. The minimum Gasteiger partial charge on any atom is -0.370 e. The molecule has 1 aromatic rings. The Kier molecular flexibility index (Phi) is 4.99. The molecule has 1 rings (SSSR count). The molecule has 0 radical (unpaired) electrons. The van der Waals surface area contributed by atoms with Gasteiger partial charge >= 0.3 is 0 Å². The first-order valence-corrected chi connectivity index (χ1v) is 5.47. The van der Waals surface area contributed by atoms with Crippen LogP contribution in [-0.4, -0.2) is 26.7 Å². The van der Waals surface area contributed by atoms with Gasteiger partial charge in [-0.2, -0.15) is 0 Å². The van der Waals surface area contributed by atoms with Crippen molar-refractivity contribution in [3.05, 3.63) is 42.2 Å². The molecule has 0 unspecified atom stereocenters. The number of hydrogen-bond acceptors (Lipinski definition) is 2. The lowest BCUT2D eigenvalue weighted by Crippen LogP contribution is -2.25. The number of nitrogens with zero attached hydrogens (tertiary/aromatic N) is 1.